The van der Waals surface area contributed by atoms with Crippen molar-refractivity contribution in [2.24, 2.45) is 11.5 Å². The maximum absolute atomic E-state index is 13.7. The topological polar surface area (TPSA) is 82.1 Å². The summed E-state index contributed by atoms with van der Waals surface area (Å²) in [4.78, 5) is 22.6. The van der Waals surface area contributed by atoms with Crippen LogP contribution in [-0.2, 0) is 4.79 Å². The van der Waals surface area contributed by atoms with Crippen LogP contribution in [0.1, 0.15) is 25.7 Å². The van der Waals surface area contributed by atoms with Crippen LogP contribution in [0.15, 0.2) is 0 Å². The van der Waals surface area contributed by atoms with Crippen LogP contribution in [0, 0.1) is 0 Å². The second-order valence-corrected chi connectivity index (χ2v) is 8.75. The number of Topliss-reactive ketones (excluding diaryl/α,β-unsaturated/α-hetero) is 1. The first kappa shape index (κ1) is 21.7. The minimum absolute atomic E-state index is 0.0977. The second kappa shape index (κ2) is 10.1. The minimum Gasteiger partial charge on any atom is -0.327 e. The van der Waals surface area contributed by atoms with Crippen LogP contribution in [0.25, 0.3) is 0 Å². The summed E-state index contributed by atoms with van der Waals surface area (Å²) >= 11 is 0. The molecule has 0 aromatic heterocycles. The Labute approximate surface area is 159 Å². The van der Waals surface area contributed by atoms with Crippen LogP contribution >= 0.6 is 0 Å². The third-order valence-corrected chi connectivity index (χ3v) is 5.59. The van der Waals surface area contributed by atoms with E-state index in [9.17, 15) is 4.79 Å². The summed E-state index contributed by atoms with van der Waals surface area (Å²) in [6, 6.07) is 0.160. The predicted octanol–water partition coefficient (Wildman–Crippen LogP) is -0.738. The van der Waals surface area contributed by atoms with Crippen molar-refractivity contribution in [1.82, 2.24) is 19.6 Å². The van der Waals surface area contributed by atoms with E-state index >= 15 is 0 Å². The van der Waals surface area contributed by atoms with Crippen LogP contribution in [0.4, 0.5) is 0 Å². The Hall–Kier alpha value is -0.570. The Morgan fingerprint density at radius 1 is 0.885 bits per heavy atom. The molecule has 4 N–H and O–H groups in total. The van der Waals surface area contributed by atoms with Crippen molar-refractivity contribution in [3.05, 3.63) is 0 Å². The van der Waals surface area contributed by atoms with Gasteiger partial charge in [0.1, 0.15) is 0 Å². The molecule has 2 fully saturated rings. The van der Waals surface area contributed by atoms with E-state index in [1.807, 2.05) is 28.2 Å². The fourth-order valence-corrected chi connectivity index (χ4v) is 4.33. The molecule has 0 spiro atoms. The molecule has 0 aromatic rings. The molecular formula is C19H40N6O. The largest absolute Gasteiger partial charge is 0.327 e. The van der Waals surface area contributed by atoms with Crippen molar-refractivity contribution in [1.29, 1.82) is 0 Å². The predicted molar refractivity (Wildman–Crippen MR) is 107 cm³/mol. The average Bonchev–Trinajstić information content (AvgIpc) is 2.56. The van der Waals surface area contributed by atoms with Gasteiger partial charge in [-0.1, -0.05) is 0 Å². The maximum Gasteiger partial charge on any atom is 0.169 e. The standard InChI is InChI=1S/C19H40N6O/c1-22(2)13-17(24-9-5-7-15(20)11-24)19(26)18(14-23(3)4)25-10-6-8-16(21)12-25/h15-18H,5-14,20-21H2,1-4H3/t15-,16-,17?,18?/m1/s1. The van der Waals surface area contributed by atoms with E-state index in [1.54, 1.807) is 0 Å². The first-order valence-corrected chi connectivity index (χ1v) is 10.1. The molecule has 0 radical (unpaired) electrons. The first-order valence-electron chi connectivity index (χ1n) is 10.1. The Bertz CT molecular complexity index is 406. The lowest BCUT2D eigenvalue weighted by Gasteiger charge is -2.42. The summed E-state index contributed by atoms with van der Waals surface area (Å²) in [5, 5.41) is 0. The van der Waals surface area contributed by atoms with Gasteiger partial charge in [0.25, 0.3) is 0 Å². The molecule has 0 aliphatic carbocycles. The van der Waals surface area contributed by atoms with Gasteiger partial charge >= 0.3 is 0 Å². The van der Waals surface area contributed by atoms with Gasteiger partial charge in [-0.2, -0.15) is 0 Å². The molecule has 7 heteroatoms. The van der Waals surface area contributed by atoms with Crippen LogP contribution in [0.2, 0.25) is 0 Å². The van der Waals surface area contributed by atoms with Gasteiger partial charge in [-0.15, -0.1) is 0 Å². The third kappa shape index (κ3) is 6.25. The summed E-state index contributed by atoms with van der Waals surface area (Å²) in [5.74, 6) is 0.329. The second-order valence-electron chi connectivity index (χ2n) is 8.75. The zero-order valence-electron chi connectivity index (χ0n) is 17.2. The van der Waals surface area contributed by atoms with Crippen LogP contribution < -0.4 is 11.5 Å². The van der Waals surface area contributed by atoms with Crippen LogP contribution in [0.5, 0.6) is 0 Å². The lowest BCUT2D eigenvalue weighted by atomic mass is 9.95. The van der Waals surface area contributed by atoms with Gasteiger partial charge in [0, 0.05) is 38.3 Å². The summed E-state index contributed by atoms with van der Waals surface area (Å²) < 4.78 is 0. The van der Waals surface area contributed by atoms with Crippen molar-refractivity contribution in [3.8, 4) is 0 Å². The molecule has 0 aromatic carbocycles. The Kier molecular flexibility index (Phi) is 8.44. The van der Waals surface area contributed by atoms with Crippen LogP contribution in [-0.4, -0.2) is 117 Å². The lowest BCUT2D eigenvalue weighted by molar-refractivity contribution is -0.132. The SMILES string of the molecule is CN(C)CC(C(=O)C(CN(C)C)N1CCC[C@@H](N)C1)N1CCC[C@@H](N)C1. The quantitative estimate of drug-likeness (QED) is 0.584. The van der Waals surface area contributed by atoms with E-state index in [2.05, 4.69) is 19.6 Å². The van der Waals surface area contributed by atoms with Gasteiger partial charge in [0.15, 0.2) is 5.78 Å². The molecule has 2 aliphatic rings. The molecule has 0 bridgehead atoms. The molecule has 2 heterocycles. The molecule has 0 amide bonds. The molecule has 152 valence electrons. The van der Waals surface area contributed by atoms with Gasteiger partial charge in [-0.3, -0.25) is 14.6 Å². The highest BCUT2D eigenvalue weighted by Gasteiger charge is 2.37. The van der Waals surface area contributed by atoms with Gasteiger partial charge in [0.05, 0.1) is 12.1 Å². The van der Waals surface area contributed by atoms with Crippen molar-refractivity contribution in [3.63, 3.8) is 0 Å². The van der Waals surface area contributed by atoms with Gasteiger partial charge in [-0.05, 0) is 67.0 Å². The van der Waals surface area contributed by atoms with E-state index in [-0.39, 0.29) is 24.2 Å². The smallest absolute Gasteiger partial charge is 0.169 e. The number of hydrogen-bond acceptors (Lipinski definition) is 7. The van der Waals surface area contributed by atoms with Crippen molar-refractivity contribution < 1.29 is 4.79 Å². The third-order valence-electron chi connectivity index (χ3n) is 5.59. The highest BCUT2D eigenvalue weighted by molar-refractivity contribution is 5.89. The molecule has 26 heavy (non-hydrogen) atoms. The molecule has 2 saturated heterocycles. The number of rotatable bonds is 8. The maximum atomic E-state index is 13.7. The van der Waals surface area contributed by atoms with Gasteiger partial charge in [0.2, 0.25) is 0 Å². The number of nitrogens with zero attached hydrogens (tertiary/aromatic N) is 4. The molecule has 2 rings (SSSR count). The van der Waals surface area contributed by atoms with E-state index in [0.29, 0.717) is 5.78 Å². The summed E-state index contributed by atoms with van der Waals surface area (Å²) in [7, 11) is 8.17. The number of piperidine rings is 2. The van der Waals surface area contributed by atoms with E-state index in [4.69, 9.17) is 11.5 Å². The summed E-state index contributed by atoms with van der Waals surface area (Å²) in [6.45, 7) is 5.06. The highest BCUT2D eigenvalue weighted by atomic mass is 16.1. The Balaban J connectivity index is 2.19. The number of likely N-dealkylation sites (N-methyl/N-ethyl adjacent to an activating group) is 2. The number of likely N-dealkylation sites (tertiary alicyclic amines) is 2. The lowest BCUT2D eigenvalue weighted by Crippen LogP contribution is -2.61. The number of ketones is 1. The fourth-order valence-electron chi connectivity index (χ4n) is 4.33. The fraction of sp³-hybridized carbons (Fsp3) is 0.947. The molecule has 0 saturated carbocycles. The number of hydrogen-bond donors (Lipinski definition) is 2. The monoisotopic (exact) mass is 368 g/mol. The highest BCUT2D eigenvalue weighted by Crippen LogP contribution is 2.19. The van der Waals surface area contributed by atoms with Crippen molar-refractivity contribution >= 4 is 5.78 Å². The van der Waals surface area contributed by atoms with E-state index < -0.39 is 0 Å². The molecule has 2 aliphatic heterocycles. The summed E-state index contributed by atoms with van der Waals surface area (Å²) in [5.41, 5.74) is 12.4. The number of carbonyl (C=O) groups is 1. The number of nitrogens with two attached hydrogens (primary N) is 2. The molecular weight excluding hydrogens is 328 g/mol. The van der Waals surface area contributed by atoms with Crippen molar-refractivity contribution in [2.45, 2.75) is 49.9 Å². The Morgan fingerprint density at radius 2 is 1.27 bits per heavy atom. The van der Waals surface area contributed by atoms with Gasteiger partial charge in [-0.25, -0.2) is 0 Å². The van der Waals surface area contributed by atoms with E-state index in [1.165, 1.54) is 0 Å². The normalized spacial score (nSPS) is 28.5. The average molecular weight is 369 g/mol. The molecule has 4 atom stereocenters. The molecule has 7 nitrogen and oxygen atoms in total. The van der Waals surface area contributed by atoms with Crippen molar-refractivity contribution in [2.75, 3.05) is 67.5 Å². The minimum atomic E-state index is -0.0977. The molecule has 2 unspecified atom stereocenters. The number of carbonyl (C=O) groups excluding carboxylic acids is 1. The van der Waals surface area contributed by atoms with Crippen LogP contribution in [0.3, 0.4) is 0 Å². The summed E-state index contributed by atoms with van der Waals surface area (Å²) in [6.07, 6.45) is 4.26. The van der Waals surface area contributed by atoms with Gasteiger partial charge < -0.3 is 21.3 Å². The zero-order valence-corrected chi connectivity index (χ0v) is 17.2. The zero-order chi connectivity index (χ0) is 19.3. The Morgan fingerprint density at radius 3 is 1.58 bits per heavy atom. The van der Waals surface area contributed by atoms with E-state index in [0.717, 1.165) is 65.0 Å². The first-order chi connectivity index (χ1) is 12.3.